The Bertz CT molecular complexity index is 850. The SMILES string of the molecule is COCCNC(=O)c1cccc(NC(=O)Cc2ccc3c(c2)OCO3)c1C. The summed E-state index contributed by atoms with van der Waals surface area (Å²) in [5.41, 5.74) is 2.67. The highest BCUT2D eigenvalue weighted by molar-refractivity contribution is 5.99. The van der Waals surface area contributed by atoms with Gasteiger partial charge in [-0.15, -0.1) is 0 Å². The number of benzene rings is 2. The van der Waals surface area contributed by atoms with E-state index in [1.807, 2.05) is 6.07 Å². The molecular weight excluding hydrogens is 348 g/mol. The molecule has 0 atom stereocenters. The second-order valence-electron chi connectivity index (χ2n) is 6.14. The van der Waals surface area contributed by atoms with E-state index in [9.17, 15) is 9.59 Å². The van der Waals surface area contributed by atoms with Gasteiger partial charge in [-0.1, -0.05) is 12.1 Å². The largest absolute Gasteiger partial charge is 0.454 e. The Morgan fingerprint density at radius 1 is 1.15 bits per heavy atom. The topological polar surface area (TPSA) is 85.9 Å². The number of nitrogens with one attached hydrogen (secondary N) is 2. The molecule has 7 nitrogen and oxygen atoms in total. The smallest absolute Gasteiger partial charge is 0.251 e. The van der Waals surface area contributed by atoms with E-state index in [0.717, 1.165) is 5.56 Å². The maximum absolute atomic E-state index is 12.4. The number of rotatable bonds is 7. The van der Waals surface area contributed by atoms with E-state index < -0.39 is 0 Å². The van der Waals surface area contributed by atoms with Gasteiger partial charge in [0.1, 0.15) is 0 Å². The molecule has 7 heteroatoms. The zero-order valence-electron chi connectivity index (χ0n) is 15.3. The molecule has 0 saturated carbocycles. The highest BCUT2D eigenvalue weighted by Crippen LogP contribution is 2.32. The van der Waals surface area contributed by atoms with Crippen LogP contribution in [0.3, 0.4) is 0 Å². The van der Waals surface area contributed by atoms with Gasteiger partial charge >= 0.3 is 0 Å². The Labute approximate surface area is 157 Å². The van der Waals surface area contributed by atoms with Crippen molar-refractivity contribution in [3.8, 4) is 11.5 Å². The van der Waals surface area contributed by atoms with Crippen LogP contribution in [0.15, 0.2) is 36.4 Å². The van der Waals surface area contributed by atoms with Crippen LogP contribution in [0.5, 0.6) is 11.5 Å². The van der Waals surface area contributed by atoms with Gasteiger partial charge in [0.25, 0.3) is 5.91 Å². The van der Waals surface area contributed by atoms with E-state index in [4.69, 9.17) is 14.2 Å². The van der Waals surface area contributed by atoms with Crippen molar-refractivity contribution in [2.75, 3.05) is 32.4 Å². The van der Waals surface area contributed by atoms with Crippen LogP contribution in [0.1, 0.15) is 21.5 Å². The summed E-state index contributed by atoms with van der Waals surface area (Å²) in [4.78, 5) is 24.7. The number of fused-ring (bicyclic) bond motifs is 1. The first-order chi connectivity index (χ1) is 13.1. The minimum Gasteiger partial charge on any atom is -0.454 e. The molecule has 0 unspecified atom stereocenters. The molecule has 0 fully saturated rings. The monoisotopic (exact) mass is 370 g/mol. The molecule has 0 aliphatic carbocycles. The van der Waals surface area contributed by atoms with Gasteiger partial charge in [-0.2, -0.15) is 0 Å². The first kappa shape index (κ1) is 18.7. The average molecular weight is 370 g/mol. The molecule has 2 aromatic rings. The number of carbonyl (C=O) groups is 2. The number of hydrogen-bond acceptors (Lipinski definition) is 5. The van der Waals surface area contributed by atoms with Crippen molar-refractivity contribution in [2.45, 2.75) is 13.3 Å². The normalized spacial score (nSPS) is 11.9. The van der Waals surface area contributed by atoms with Crippen LogP contribution in [-0.2, 0) is 16.0 Å². The molecule has 0 radical (unpaired) electrons. The fraction of sp³-hybridized carbons (Fsp3) is 0.300. The van der Waals surface area contributed by atoms with Crippen molar-refractivity contribution in [2.24, 2.45) is 0 Å². The van der Waals surface area contributed by atoms with E-state index in [0.29, 0.717) is 41.5 Å². The molecule has 0 bridgehead atoms. The molecule has 0 spiro atoms. The average Bonchev–Trinajstić information content (AvgIpc) is 3.11. The molecule has 1 aliphatic heterocycles. The van der Waals surface area contributed by atoms with E-state index in [1.54, 1.807) is 44.4 Å². The first-order valence-electron chi connectivity index (χ1n) is 8.63. The Morgan fingerprint density at radius 3 is 2.78 bits per heavy atom. The number of hydrogen-bond donors (Lipinski definition) is 2. The predicted octanol–water partition coefficient (Wildman–Crippen LogP) is 2.28. The van der Waals surface area contributed by atoms with Crippen molar-refractivity contribution in [1.82, 2.24) is 5.32 Å². The van der Waals surface area contributed by atoms with Gasteiger partial charge in [-0.05, 0) is 42.3 Å². The van der Waals surface area contributed by atoms with Gasteiger partial charge in [-0.25, -0.2) is 0 Å². The van der Waals surface area contributed by atoms with Crippen LogP contribution >= 0.6 is 0 Å². The molecule has 3 rings (SSSR count). The molecule has 0 saturated heterocycles. The molecule has 2 aromatic carbocycles. The van der Waals surface area contributed by atoms with Crippen molar-refractivity contribution in [3.05, 3.63) is 53.1 Å². The highest BCUT2D eigenvalue weighted by atomic mass is 16.7. The van der Waals surface area contributed by atoms with Gasteiger partial charge in [-0.3, -0.25) is 9.59 Å². The van der Waals surface area contributed by atoms with Crippen LogP contribution in [0.2, 0.25) is 0 Å². The number of ether oxygens (including phenoxy) is 3. The van der Waals surface area contributed by atoms with Crippen molar-refractivity contribution in [3.63, 3.8) is 0 Å². The van der Waals surface area contributed by atoms with Crippen molar-refractivity contribution in [1.29, 1.82) is 0 Å². The minimum absolute atomic E-state index is 0.172. The summed E-state index contributed by atoms with van der Waals surface area (Å²) in [7, 11) is 1.58. The molecule has 1 heterocycles. The van der Waals surface area contributed by atoms with Gasteiger partial charge in [0.15, 0.2) is 11.5 Å². The van der Waals surface area contributed by atoms with Crippen molar-refractivity contribution >= 4 is 17.5 Å². The van der Waals surface area contributed by atoms with Gasteiger partial charge in [0, 0.05) is 24.9 Å². The summed E-state index contributed by atoms with van der Waals surface area (Å²) in [5.74, 6) is 0.957. The molecule has 0 aromatic heterocycles. The lowest BCUT2D eigenvalue weighted by Crippen LogP contribution is -2.28. The summed E-state index contributed by atoms with van der Waals surface area (Å²) < 4.78 is 15.5. The summed E-state index contributed by atoms with van der Waals surface area (Å²) in [6, 6.07) is 10.7. The van der Waals surface area contributed by atoms with Gasteiger partial charge in [0.2, 0.25) is 12.7 Å². The fourth-order valence-corrected chi connectivity index (χ4v) is 2.81. The number of anilines is 1. The molecule has 2 amide bonds. The lowest BCUT2D eigenvalue weighted by Gasteiger charge is -2.13. The zero-order chi connectivity index (χ0) is 19.2. The Kier molecular flexibility index (Phi) is 5.93. The van der Waals surface area contributed by atoms with Crippen LogP contribution in [0, 0.1) is 6.92 Å². The Morgan fingerprint density at radius 2 is 1.96 bits per heavy atom. The summed E-state index contributed by atoms with van der Waals surface area (Å²) in [6.45, 7) is 2.87. The molecule has 1 aliphatic rings. The second-order valence-corrected chi connectivity index (χ2v) is 6.14. The van der Waals surface area contributed by atoms with E-state index >= 15 is 0 Å². The fourth-order valence-electron chi connectivity index (χ4n) is 2.81. The van der Waals surface area contributed by atoms with Crippen molar-refractivity contribution < 1.29 is 23.8 Å². The summed E-state index contributed by atoms with van der Waals surface area (Å²) >= 11 is 0. The van der Waals surface area contributed by atoms with Gasteiger partial charge in [0.05, 0.1) is 13.0 Å². The number of carbonyl (C=O) groups excluding carboxylic acids is 2. The first-order valence-corrected chi connectivity index (χ1v) is 8.63. The lowest BCUT2D eigenvalue weighted by molar-refractivity contribution is -0.115. The third-order valence-corrected chi connectivity index (χ3v) is 4.25. The standard InChI is InChI=1S/C20H22N2O5/c1-13-15(20(24)21-8-9-25-2)4-3-5-16(13)22-19(23)11-14-6-7-17-18(10-14)27-12-26-17/h3-7,10H,8-9,11-12H2,1-2H3,(H,21,24)(H,22,23). The van der Waals surface area contributed by atoms with Crippen LogP contribution in [-0.4, -0.2) is 38.9 Å². The third-order valence-electron chi connectivity index (χ3n) is 4.25. The predicted molar refractivity (Wildman–Crippen MR) is 100 cm³/mol. The second kappa shape index (κ2) is 8.55. The summed E-state index contributed by atoms with van der Waals surface area (Å²) in [6.07, 6.45) is 0.195. The third kappa shape index (κ3) is 4.57. The molecule has 2 N–H and O–H groups in total. The van der Waals surface area contributed by atoms with Crippen LogP contribution < -0.4 is 20.1 Å². The Hall–Kier alpha value is -3.06. The van der Waals surface area contributed by atoms with Crippen LogP contribution in [0.25, 0.3) is 0 Å². The highest BCUT2D eigenvalue weighted by Gasteiger charge is 2.16. The van der Waals surface area contributed by atoms with E-state index in [-0.39, 0.29) is 25.0 Å². The van der Waals surface area contributed by atoms with E-state index in [2.05, 4.69) is 10.6 Å². The van der Waals surface area contributed by atoms with E-state index in [1.165, 1.54) is 0 Å². The molecule has 142 valence electrons. The summed E-state index contributed by atoms with van der Waals surface area (Å²) in [5, 5.41) is 5.66. The Balaban J connectivity index is 1.65. The number of amides is 2. The zero-order valence-corrected chi connectivity index (χ0v) is 15.3. The quantitative estimate of drug-likeness (QED) is 0.731. The minimum atomic E-state index is -0.198. The maximum atomic E-state index is 12.4. The van der Waals surface area contributed by atoms with Gasteiger partial charge < -0.3 is 24.8 Å². The molecule has 27 heavy (non-hydrogen) atoms. The van der Waals surface area contributed by atoms with Crippen LogP contribution in [0.4, 0.5) is 5.69 Å². The molecular formula is C20H22N2O5. The lowest BCUT2D eigenvalue weighted by atomic mass is 10.1. The number of methoxy groups -OCH3 is 1. The maximum Gasteiger partial charge on any atom is 0.251 e.